The van der Waals surface area contributed by atoms with E-state index in [4.69, 9.17) is 17.3 Å². The van der Waals surface area contributed by atoms with Crippen molar-refractivity contribution in [2.24, 2.45) is 5.73 Å². The van der Waals surface area contributed by atoms with Gasteiger partial charge in [-0.25, -0.2) is 13.2 Å². The van der Waals surface area contributed by atoms with E-state index >= 15 is 0 Å². The molecule has 2 rings (SSSR count). The van der Waals surface area contributed by atoms with Crippen molar-refractivity contribution in [1.82, 2.24) is 0 Å². The van der Waals surface area contributed by atoms with Gasteiger partial charge in [0.05, 0.1) is 11.1 Å². The zero-order chi connectivity index (χ0) is 14.2. The van der Waals surface area contributed by atoms with Gasteiger partial charge in [0, 0.05) is 16.1 Å². The number of hydrogen-bond acceptors (Lipinski definition) is 1. The quantitative estimate of drug-likeness (QED) is 0.789. The Morgan fingerprint density at radius 1 is 1.00 bits per heavy atom. The van der Waals surface area contributed by atoms with Crippen molar-refractivity contribution in [3.05, 3.63) is 68.4 Å². The van der Waals surface area contributed by atoms with E-state index in [0.29, 0.717) is 4.47 Å². The van der Waals surface area contributed by atoms with Crippen LogP contribution in [-0.4, -0.2) is 0 Å². The Kier molecular flexibility index (Phi) is 4.18. The van der Waals surface area contributed by atoms with Crippen molar-refractivity contribution >= 4 is 27.5 Å². The van der Waals surface area contributed by atoms with Gasteiger partial charge in [0.1, 0.15) is 17.5 Å². The fourth-order valence-corrected chi connectivity index (χ4v) is 2.20. The fraction of sp³-hybridized carbons (Fsp3) is 0.0769. The number of rotatable bonds is 2. The van der Waals surface area contributed by atoms with Crippen LogP contribution in [0, 0.1) is 17.5 Å². The molecule has 2 aromatic rings. The van der Waals surface area contributed by atoms with Crippen LogP contribution >= 0.6 is 27.5 Å². The van der Waals surface area contributed by atoms with Crippen molar-refractivity contribution in [2.45, 2.75) is 6.04 Å². The van der Waals surface area contributed by atoms with Gasteiger partial charge in [-0.15, -0.1) is 0 Å². The molecule has 2 aromatic carbocycles. The second-order valence-electron chi connectivity index (χ2n) is 3.97. The van der Waals surface area contributed by atoms with Gasteiger partial charge in [-0.2, -0.15) is 0 Å². The first-order chi connectivity index (χ1) is 8.88. The second kappa shape index (κ2) is 5.53. The molecule has 19 heavy (non-hydrogen) atoms. The molecule has 100 valence electrons. The smallest absolute Gasteiger partial charge is 0.129 e. The lowest BCUT2D eigenvalue weighted by molar-refractivity contribution is 0.571. The zero-order valence-electron chi connectivity index (χ0n) is 9.43. The van der Waals surface area contributed by atoms with Gasteiger partial charge >= 0.3 is 0 Å². The van der Waals surface area contributed by atoms with Gasteiger partial charge in [0.15, 0.2) is 0 Å². The van der Waals surface area contributed by atoms with Crippen LogP contribution in [0.5, 0.6) is 0 Å². The molecule has 0 aliphatic carbocycles. The summed E-state index contributed by atoms with van der Waals surface area (Å²) in [7, 11) is 0. The topological polar surface area (TPSA) is 26.0 Å². The molecular weight excluding hydrogens is 343 g/mol. The van der Waals surface area contributed by atoms with Gasteiger partial charge in [0.25, 0.3) is 0 Å². The first kappa shape index (κ1) is 14.4. The van der Waals surface area contributed by atoms with E-state index in [1.165, 1.54) is 6.07 Å². The Labute approximate surface area is 121 Å². The molecule has 0 aliphatic heterocycles. The van der Waals surface area contributed by atoms with Crippen LogP contribution in [0.1, 0.15) is 17.2 Å². The molecule has 1 atom stereocenters. The average Bonchev–Trinajstić information content (AvgIpc) is 2.31. The highest BCUT2D eigenvalue weighted by atomic mass is 79.9. The third kappa shape index (κ3) is 3.11. The number of benzene rings is 2. The van der Waals surface area contributed by atoms with Gasteiger partial charge in [0.2, 0.25) is 0 Å². The summed E-state index contributed by atoms with van der Waals surface area (Å²) in [6, 6.07) is 4.32. The Balaban J connectivity index is 2.49. The summed E-state index contributed by atoms with van der Waals surface area (Å²) in [6.45, 7) is 0. The molecular formula is C13H8BrClF3N. The highest BCUT2D eigenvalue weighted by Crippen LogP contribution is 2.30. The third-order valence-corrected chi connectivity index (χ3v) is 3.82. The lowest BCUT2D eigenvalue weighted by Crippen LogP contribution is -2.14. The monoisotopic (exact) mass is 349 g/mol. The number of hydrogen-bond donors (Lipinski definition) is 1. The first-order valence-corrected chi connectivity index (χ1v) is 6.41. The maximum absolute atomic E-state index is 13.8. The van der Waals surface area contributed by atoms with Crippen molar-refractivity contribution in [1.29, 1.82) is 0 Å². The van der Waals surface area contributed by atoms with Gasteiger partial charge in [-0.1, -0.05) is 11.6 Å². The maximum atomic E-state index is 13.8. The van der Waals surface area contributed by atoms with Gasteiger partial charge < -0.3 is 5.73 Å². The van der Waals surface area contributed by atoms with E-state index in [9.17, 15) is 13.2 Å². The molecule has 1 nitrogen and oxygen atoms in total. The standard InChI is InChI=1S/C13H8BrClF3N/c14-10-5-12(18)9(4-11(10)15)13(19)6-1-7(16)3-8(17)2-6/h1-5,13H,19H2. The molecule has 0 radical (unpaired) electrons. The van der Waals surface area contributed by atoms with E-state index in [2.05, 4.69) is 15.9 Å². The van der Waals surface area contributed by atoms with Gasteiger partial charge in [-0.05, 0) is 45.8 Å². The van der Waals surface area contributed by atoms with E-state index in [1.807, 2.05) is 0 Å². The molecule has 0 fully saturated rings. The largest absolute Gasteiger partial charge is 0.320 e. The highest BCUT2D eigenvalue weighted by Gasteiger charge is 2.17. The summed E-state index contributed by atoms with van der Waals surface area (Å²) in [6.07, 6.45) is 0. The summed E-state index contributed by atoms with van der Waals surface area (Å²) >= 11 is 8.94. The molecule has 0 bridgehead atoms. The van der Waals surface area contributed by atoms with E-state index in [1.54, 1.807) is 0 Å². The maximum Gasteiger partial charge on any atom is 0.129 e. The van der Waals surface area contributed by atoms with Crippen LogP contribution in [0.3, 0.4) is 0 Å². The number of halogens is 5. The molecule has 0 amide bonds. The van der Waals surface area contributed by atoms with Crippen LogP contribution in [0.4, 0.5) is 13.2 Å². The minimum atomic E-state index is -1.00. The molecule has 1 unspecified atom stereocenters. The normalized spacial score (nSPS) is 12.5. The minimum absolute atomic E-state index is 0.0678. The predicted octanol–water partition coefficient (Wildman–Crippen LogP) is 4.57. The predicted molar refractivity (Wildman–Crippen MR) is 71.5 cm³/mol. The summed E-state index contributed by atoms with van der Waals surface area (Å²) in [5, 5.41) is 0.267. The molecule has 6 heteroatoms. The van der Waals surface area contributed by atoms with Crippen molar-refractivity contribution in [3.8, 4) is 0 Å². The molecule has 0 heterocycles. The minimum Gasteiger partial charge on any atom is -0.320 e. The average molecular weight is 351 g/mol. The summed E-state index contributed by atoms with van der Waals surface area (Å²) in [5.74, 6) is -2.14. The van der Waals surface area contributed by atoms with Crippen molar-refractivity contribution in [2.75, 3.05) is 0 Å². The molecule has 0 aliphatic rings. The third-order valence-electron chi connectivity index (χ3n) is 2.62. The molecule has 0 aromatic heterocycles. The Bertz CT molecular complexity index is 613. The van der Waals surface area contributed by atoms with Crippen LogP contribution in [0.25, 0.3) is 0 Å². The van der Waals surface area contributed by atoms with Crippen LogP contribution in [0.15, 0.2) is 34.8 Å². The lowest BCUT2D eigenvalue weighted by atomic mass is 9.99. The Morgan fingerprint density at radius 3 is 2.16 bits per heavy atom. The van der Waals surface area contributed by atoms with Crippen LogP contribution in [0.2, 0.25) is 5.02 Å². The fourth-order valence-electron chi connectivity index (χ4n) is 1.71. The van der Waals surface area contributed by atoms with Gasteiger partial charge in [-0.3, -0.25) is 0 Å². The lowest BCUT2D eigenvalue weighted by Gasteiger charge is -2.15. The molecule has 2 N–H and O–H groups in total. The van der Waals surface area contributed by atoms with Crippen LogP contribution in [-0.2, 0) is 0 Å². The first-order valence-electron chi connectivity index (χ1n) is 5.24. The summed E-state index contributed by atoms with van der Waals surface area (Å²) in [5.41, 5.74) is 6.03. The molecule has 0 saturated heterocycles. The van der Waals surface area contributed by atoms with E-state index in [-0.39, 0.29) is 16.1 Å². The Hall–Kier alpha value is -1.04. The summed E-state index contributed by atoms with van der Waals surface area (Å²) < 4.78 is 40.4. The van der Waals surface area contributed by atoms with Crippen molar-refractivity contribution < 1.29 is 13.2 Å². The van der Waals surface area contributed by atoms with E-state index < -0.39 is 23.5 Å². The SMILES string of the molecule is NC(c1cc(F)cc(F)c1)c1cc(Cl)c(Br)cc1F. The molecule has 0 spiro atoms. The summed E-state index contributed by atoms with van der Waals surface area (Å²) in [4.78, 5) is 0. The molecule has 0 saturated carbocycles. The highest BCUT2D eigenvalue weighted by molar-refractivity contribution is 9.10. The number of nitrogens with two attached hydrogens (primary N) is 1. The van der Waals surface area contributed by atoms with Crippen molar-refractivity contribution in [3.63, 3.8) is 0 Å². The zero-order valence-corrected chi connectivity index (χ0v) is 11.8. The Morgan fingerprint density at radius 2 is 1.58 bits per heavy atom. The van der Waals surface area contributed by atoms with Crippen LogP contribution < -0.4 is 5.73 Å². The van der Waals surface area contributed by atoms with E-state index in [0.717, 1.165) is 24.3 Å². The second-order valence-corrected chi connectivity index (χ2v) is 5.23.